The van der Waals surface area contributed by atoms with E-state index in [0.29, 0.717) is 33.4 Å². The second-order valence-corrected chi connectivity index (χ2v) is 11.7. The van der Waals surface area contributed by atoms with Crippen LogP contribution in [0.1, 0.15) is 79.8 Å². The predicted octanol–water partition coefficient (Wildman–Crippen LogP) is 6.07. The van der Waals surface area contributed by atoms with Crippen LogP contribution < -0.4 is 0 Å². The van der Waals surface area contributed by atoms with Crippen LogP contribution in [-0.4, -0.2) is 46.6 Å². The number of imide groups is 2. The van der Waals surface area contributed by atoms with Crippen molar-refractivity contribution >= 4 is 72.7 Å². The smallest absolute Gasteiger partial charge is 0.329 e. The monoisotopic (exact) mass is 546 g/mol. The molecule has 0 fully saturated rings. The van der Waals surface area contributed by atoms with Gasteiger partial charge in [0.2, 0.25) is 0 Å². The van der Waals surface area contributed by atoms with Crippen LogP contribution in [0.15, 0.2) is 36.4 Å². The van der Waals surface area contributed by atoms with Gasteiger partial charge in [0, 0.05) is 28.9 Å². The molecule has 0 spiro atoms. The molecule has 4 amide bonds. The number of carbonyl (C=O) groups excluding carboxylic acids is 5. The summed E-state index contributed by atoms with van der Waals surface area (Å²) in [4.78, 5) is 73.1. The molecule has 5 aromatic carbocycles. The minimum absolute atomic E-state index is 0.264. The van der Waals surface area contributed by atoms with Gasteiger partial charge in [0.05, 0.1) is 16.5 Å². The third-order valence-corrected chi connectivity index (χ3v) is 9.01. The molecule has 0 bridgehead atoms. The molecule has 2 aliphatic heterocycles. The second-order valence-electron chi connectivity index (χ2n) is 11.7. The number of hydrogen-bond donors (Lipinski definition) is 0. The molecule has 2 aliphatic rings. The van der Waals surface area contributed by atoms with Crippen LogP contribution >= 0.6 is 0 Å². The molecular weight excluding hydrogens is 520 g/mol. The lowest BCUT2D eigenvalue weighted by molar-refractivity contribution is -0.180. The number of hydrogen-bond acceptors (Lipinski definition) is 6. The Balaban J connectivity index is 1.59. The first-order valence-corrected chi connectivity index (χ1v) is 13.5. The molecule has 7 rings (SSSR count). The highest BCUT2D eigenvalue weighted by Gasteiger charge is 2.41. The summed E-state index contributed by atoms with van der Waals surface area (Å²) in [6.45, 7) is 9.05. The summed E-state index contributed by atoms with van der Waals surface area (Å²) in [5, 5.41) is 6.63. The molecule has 0 aromatic heterocycles. The third kappa shape index (κ3) is 2.96. The first-order valence-electron chi connectivity index (χ1n) is 13.5. The maximum Gasteiger partial charge on any atom is 0.338 e. The number of amides is 4. The van der Waals surface area contributed by atoms with Crippen molar-refractivity contribution in [3.05, 3.63) is 69.8 Å². The van der Waals surface area contributed by atoms with Crippen LogP contribution in [0.25, 0.3) is 43.1 Å². The molecule has 2 heterocycles. The molecule has 0 aliphatic carbocycles. The molecule has 41 heavy (non-hydrogen) atoms. The Morgan fingerprint density at radius 2 is 1.12 bits per heavy atom. The maximum atomic E-state index is 13.7. The highest BCUT2D eigenvalue weighted by atomic mass is 16.7. The number of nitrogens with zero attached hydrogens (tertiary/aromatic N) is 2. The van der Waals surface area contributed by atoms with Crippen LogP contribution in [-0.2, 0) is 9.63 Å². The lowest BCUT2D eigenvalue weighted by atomic mass is 9.80. The van der Waals surface area contributed by atoms with E-state index in [0.717, 1.165) is 48.3 Å². The number of rotatable bonds is 3. The van der Waals surface area contributed by atoms with Gasteiger partial charge in [-0.15, -0.1) is 0 Å². The Hall–Kier alpha value is -4.85. The van der Waals surface area contributed by atoms with Crippen molar-refractivity contribution in [2.75, 3.05) is 7.05 Å². The topological polar surface area (TPSA) is 101 Å². The largest absolute Gasteiger partial charge is 0.338 e. The van der Waals surface area contributed by atoms with Gasteiger partial charge in [0.15, 0.2) is 0 Å². The summed E-state index contributed by atoms with van der Waals surface area (Å²) in [7, 11) is 1.49. The first-order chi connectivity index (χ1) is 19.4. The van der Waals surface area contributed by atoms with Gasteiger partial charge in [-0.3, -0.25) is 24.1 Å². The van der Waals surface area contributed by atoms with Gasteiger partial charge in [-0.05, 0) is 102 Å². The van der Waals surface area contributed by atoms with E-state index in [-0.39, 0.29) is 22.9 Å². The van der Waals surface area contributed by atoms with Crippen molar-refractivity contribution < 1.29 is 28.8 Å². The van der Waals surface area contributed by atoms with Crippen LogP contribution in [0.3, 0.4) is 0 Å². The van der Waals surface area contributed by atoms with Crippen molar-refractivity contribution in [2.24, 2.45) is 5.41 Å². The van der Waals surface area contributed by atoms with Crippen LogP contribution in [0, 0.1) is 19.3 Å². The molecule has 0 unspecified atom stereocenters. The Morgan fingerprint density at radius 3 is 1.63 bits per heavy atom. The number of benzene rings is 5. The molecule has 204 valence electrons. The molecule has 0 N–H and O–H groups in total. The normalized spacial score (nSPS) is 15.4. The van der Waals surface area contributed by atoms with E-state index in [1.165, 1.54) is 7.05 Å². The van der Waals surface area contributed by atoms with E-state index >= 15 is 0 Å². The molecule has 0 saturated heterocycles. The van der Waals surface area contributed by atoms with Gasteiger partial charge in [0.25, 0.3) is 23.6 Å². The Morgan fingerprint density at radius 1 is 0.683 bits per heavy atom. The Bertz CT molecular complexity index is 2120. The average Bonchev–Trinajstić information content (AvgIpc) is 2.95. The highest BCUT2D eigenvalue weighted by Crippen LogP contribution is 2.48. The van der Waals surface area contributed by atoms with Crippen LogP contribution in [0.5, 0.6) is 0 Å². The van der Waals surface area contributed by atoms with Crippen molar-refractivity contribution in [3.8, 4) is 0 Å². The fraction of sp³-hybridized carbons (Fsp3) is 0.242. The average molecular weight is 547 g/mol. The summed E-state index contributed by atoms with van der Waals surface area (Å²) in [6, 6.07) is 10.7. The first kappa shape index (κ1) is 25.1. The zero-order valence-electron chi connectivity index (χ0n) is 23.5. The number of fused-ring (bicyclic) bond motifs is 2. The predicted molar refractivity (Wildman–Crippen MR) is 154 cm³/mol. The summed E-state index contributed by atoms with van der Waals surface area (Å²) in [5.41, 5.74) is 2.23. The van der Waals surface area contributed by atoms with Gasteiger partial charge in [-0.1, -0.05) is 24.1 Å². The molecule has 8 nitrogen and oxygen atoms in total. The fourth-order valence-electron chi connectivity index (χ4n) is 6.40. The van der Waals surface area contributed by atoms with Crippen molar-refractivity contribution in [1.82, 2.24) is 9.96 Å². The van der Waals surface area contributed by atoms with Gasteiger partial charge in [-0.25, -0.2) is 4.79 Å². The molecule has 5 aromatic rings. The molecular formula is C33H26N2O6. The van der Waals surface area contributed by atoms with E-state index in [9.17, 15) is 24.0 Å². The van der Waals surface area contributed by atoms with Crippen molar-refractivity contribution in [3.63, 3.8) is 0 Å². The van der Waals surface area contributed by atoms with Gasteiger partial charge >= 0.3 is 5.97 Å². The fourth-order valence-corrected chi connectivity index (χ4v) is 6.40. The quantitative estimate of drug-likeness (QED) is 0.155. The summed E-state index contributed by atoms with van der Waals surface area (Å²) in [6.07, 6.45) is 0.473. The number of hydroxylamine groups is 2. The zero-order chi connectivity index (χ0) is 29.3. The van der Waals surface area contributed by atoms with Crippen molar-refractivity contribution in [1.29, 1.82) is 0 Å². The van der Waals surface area contributed by atoms with Crippen LogP contribution in [0.2, 0.25) is 0 Å². The lowest BCUT2D eigenvalue weighted by Crippen LogP contribution is -2.44. The maximum absolute atomic E-state index is 13.7. The number of aryl methyl sites for hydroxylation is 2. The van der Waals surface area contributed by atoms with E-state index in [2.05, 4.69) is 0 Å². The molecule has 0 radical (unpaired) electrons. The number of carbonyl (C=O) groups is 5. The van der Waals surface area contributed by atoms with E-state index in [1.807, 2.05) is 39.0 Å². The standard InChI is InChI=1S/C33H26N2O6/c1-7-33(4,5)32(40)41-35-30(38)19-11-9-17-22-14(2)12-20-24-18(28(36)34(6)29(20)37)10-8-16(26(22)24)23-15(3)13-21(31(35)39)25(19)27(17)23/h8-13H,7H2,1-6H3. The van der Waals surface area contributed by atoms with Gasteiger partial charge in [0.1, 0.15) is 0 Å². The molecule has 0 atom stereocenters. The SMILES string of the molecule is CCC(C)(C)C(=O)ON1C(=O)c2ccc3c4c(C)cc5c6c(ccc(c7c(C)cc(c2c37)C1=O)c64)C(=O)N(C)C5=O. The van der Waals surface area contributed by atoms with Gasteiger partial charge < -0.3 is 4.84 Å². The molecule has 0 saturated carbocycles. The van der Waals surface area contributed by atoms with Crippen molar-refractivity contribution in [2.45, 2.75) is 41.0 Å². The van der Waals surface area contributed by atoms with E-state index in [1.54, 1.807) is 32.0 Å². The van der Waals surface area contributed by atoms with Crippen LogP contribution in [0.4, 0.5) is 0 Å². The Kier molecular flexibility index (Phi) is 4.83. The highest BCUT2D eigenvalue weighted by molar-refractivity contribution is 6.42. The summed E-state index contributed by atoms with van der Waals surface area (Å²) < 4.78 is 0. The van der Waals surface area contributed by atoms with Gasteiger partial charge in [-0.2, -0.15) is 0 Å². The summed E-state index contributed by atoms with van der Waals surface area (Å²) in [5.74, 6) is -2.75. The zero-order valence-corrected chi connectivity index (χ0v) is 23.5. The van der Waals surface area contributed by atoms with E-state index in [4.69, 9.17) is 4.84 Å². The Labute approximate surface area is 234 Å². The lowest BCUT2D eigenvalue weighted by Gasteiger charge is -2.30. The minimum atomic E-state index is -0.877. The second kappa shape index (κ2) is 7.87. The third-order valence-electron chi connectivity index (χ3n) is 9.01. The summed E-state index contributed by atoms with van der Waals surface area (Å²) >= 11 is 0. The minimum Gasteiger partial charge on any atom is -0.329 e. The van der Waals surface area contributed by atoms with E-state index < -0.39 is 23.2 Å². The molecule has 8 heteroatoms.